The average Bonchev–Trinajstić information content (AvgIpc) is 3.39. The molecule has 3 aliphatic rings. The van der Waals surface area contributed by atoms with Gasteiger partial charge in [0.1, 0.15) is 10.6 Å². The SMILES string of the molecule is CC1CCN(C(=O)c2cc(S(=O)(=O)N3CCCC(C(=O)NC4CC4)C3)c[nH]2)CC1. The van der Waals surface area contributed by atoms with E-state index in [2.05, 4.69) is 17.2 Å². The van der Waals surface area contributed by atoms with Crippen molar-refractivity contribution in [1.82, 2.24) is 19.5 Å². The van der Waals surface area contributed by atoms with Gasteiger partial charge in [-0.15, -0.1) is 0 Å². The lowest BCUT2D eigenvalue weighted by Gasteiger charge is -2.31. The monoisotopic (exact) mass is 422 g/mol. The zero-order valence-electron chi connectivity index (χ0n) is 16.9. The van der Waals surface area contributed by atoms with Gasteiger partial charge in [-0.2, -0.15) is 4.31 Å². The second-order valence-corrected chi connectivity index (χ2v) is 10.6. The Kier molecular flexibility index (Phi) is 5.70. The summed E-state index contributed by atoms with van der Waals surface area (Å²) in [6.07, 6.45) is 6.71. The van der Waals surface area contributed by atoms with Crippen molar-refractivity contribution >= 4 is 21.8 Å². The Labute approximate surface area is 172 Å². The van der Waals surface area contributed by atoms with E-state index >= 15 is 0 Å². The zero-order chi connectivity index (χ0) is 20.6. The number of hydrogen-bond donors (Lipinski definition) is 2. The van der Waals surface area contributed by atoms with Crippen LogP contribution >= 0.6 is 0 Å². The van der Waals surface area contributed by atoms with E-state index in [0.717, 1.165) is 25.7 Å². The third-order valence-electron chi connectivity index (χ3n) is 6.27. The number of H-pyrrole nitrogens is 1. The zero-order valence-corrected chi connectivity index (χ0v) is 17.7. The van der Waals surface area contributed by atoms with Gasteiger partial charge in [0.15, 0.2) is 0 Å². The number of carbonyl (C=O) groups excluding carboxylic acids is 2. The molecule has 1 aromatic heterocycles. The molecule has 1 aromatic rings. The van der Waals surface area contributed by atoms with E-state index in [4.69, 9.17) is 0 Å². The number of aromatic amines is 1. The summed E-state index contributed by atoms with van der Waals surface area (Å²) in [5.41, 5.74) is 0.304. The van der Waals surface area contributed by atoms with E-state index in [1.54, 1.807) is 4.90 Å². The first-order valence-corrected chi connectivity index (χ1v) is 12.1. The first kappa shape index (κ1) is 20.4. The number of nitrogens with one attached hydrogen (secondary N) is 2. The normalized spacial score (nSPS) is 24.4. The molecule has 1 aliphatic carbocycles. The topological polar surface area (TPSA) is 103 Å². The van der Waals surface area contributed by atoms with E-state index in [1.165, 1.54) is 16.6 Å². The second kappa shape index (κ2) is 8.10. The van der Waals surface area contributed by atoms with Crippen molar-refractivity contribution in [2.75, 3.05) is 26.2 Å². The van der Waals surface area contributed by atoms with Gasteiger partial charge in [-0.1, -0.05) is 6.92 Å². The quantitative estimate of drug-likeness (QED) is 0.752. The molecule has 4 rings (SSSR count). The fourth-order valence-corrected chi connectivity index (χ4v) is 5.62. The van der Waals surface area contributed by atoms with Crippen molar-refractivity contribution in [2.24, 2.45) is 11.8 Å². The summed E-state index contributed by atoms with van der Waals surface area (Å²) in [6.45, 7) is 4.17. The van der Waals surface area contributed by atoms with Gasteiger partial charge in [0.25, 0.3) is 5.91 Å². The van der Waals surface area contributed by atoms with Crippen molar-refractivity contribution in [3.05, 3.63) is 18.0 Å². The molecule has 1 saturated carbocycles. The Bertz CT molecular complexity index is 869. The number of carbonyl (C=O) groups is 2. The Morgan fingerprint density at radius 1 is 1.10 bits per heavy atom. The Balaban J connectivity index is 1.43. The molecule has 0 radical (unpaired) electrons. The van der Waals surface area contributed by atoms with E-state index in [9.17, 15) is 18.0 Å². The van der Waals surface area contributed by atoms with Gasteiger partial charge in [-0.3, -0.25) is 9.59 Å². The summed E-state index contributed by atoms with van der Waals surface area (Å²) in [6, 6.07) is 1.70. The fourth-order valence-electron chi connectivity index (χ4n) is 4.10. The molecular formula is C20H30N4O4S. The van der Waals surface area contributed by atoms with E-state index < -0.39 is 10.0 Å². The molecule has 160 valence electrons. The molecule has 0 bridgehead atoms. The second-order valence-electron chi connectivity index (χ2n) is 8.71. The molecule has 2 N–H and O–H groups in total. The van der Waals surface area contributed by atoms with Gasteiger partial charge < -0.3 is 15.2 Å². The smallest absolute Gasteiger partial charge is 0.270 e. The minimum atomic E-state index is -3.74. The number of hydrogen-bond acceptors (Lipinski definition) is 4. The maximum absolute atomic E-state index is 13.1. The molecule has 1 atom stereocenters. The van der Waals surface area contributed by atoms with Crippen molar-refractivity contribution in [3.8, 4) is 0 Å². The predicted octanol–water partition coefficient (Wildman–Crippen LogP) is 1.57. The Hall–Kier alpha value is -1.87. The summed E-state index contributed by atoms with van der Waals surface area (Å²) >= 11 is 0. The molecule has 2 amide bonds. The third-order valence-corrected chi connectivity index (χ3v) is 8.12. The molecule has 2 saturated heterocycles. The number of amides is 2. The van der Waals surface area contributed by atoms with Crippen molar-refractivity contribution in [3.63, 3.8) is 0 Å². The Morgan fingerprint density at radius 3 is 2.52 bits per heavy atom. The van der Waals surface area contributed by atoms with Crippen LogP contribution in [0.3, 0.4) is 0 Å². The van der Waals surface area contributed by atoms with Crippen LogP contribution < -0.4 is 5.32 Å². The lowest BCUT2D eigenvalue weighted by molar-refractivity contribution is -0.126. The summed E-state index contributed by atoms with van der Waals surface area (Å²) in [4.78, 5) is 29.8. The molecule has 3 fully saturated rings. The third kappa shape index (κ3) is 4.50. The van der Waals surface area contributed by atoms with E-state index in [1.807, 2.05) is 0 Å². The molecule has 1 unspecified atom stereocenters. The number of sulfonamides is 1. The van der Waals surface area contributed by atoms with Crippen LogP contribution in [0.25, 0.3) is 0 Å². The molecule has 29 heavy (non-hydrogen) atoms. The molecule has 0 aromatic carbocycles. The molecular weight excluding hydrogens is 392 g/mol. The van der Waals surface area contributed by atoms with Crippen molar-refractivity contribution in [1.29, 1.82) is 0 Å². The summed E-state index contributed by atoms with van der Waals surface area (Å²) in [5.74, 6) is 0.104. The highest BCUT2D eigenvalue weighted by Gasteiger charge is 2.36. The lowest BCUT2D eigenvalue weighted by atomic mass is 9.99. The van der Waals surface area contributed by atoms with Crippen LogP contribution in [0.2, 0.25) is 0 Å². The highest BCUT2D eigenvalue weighted by atomic mass is 32.2. The van der Waals surface area contributed by atoms with E-state index in [-0.39, 0.29) is 35.2 Å². The standard InChI is InChI=1S/C20H30N4O4S/c1-14-6-9-23(10-7-14)20(26)18-11-17(12-21-18)29(27,28)24-8-2-3-15(13-24)19(25)22-16-4-5-16/h11-12,14-16,21H,2-10,13H2,1H3,(H,22,25). The highest BCUT2D eigenvalue weighted by molar-refractivity contribution is 7.89. The minimum Gasteiger partial charge on any atom is -0.356 e. The largest absolute Gasteiger partial charge is 0.356 e. The summed E-state index contributed by atoms with van der Waals surface area (Å²) in [5, 5.41) is 2.98. The first-order chi connectivity index (χ1) is 13.8. The maximum atomic E-state index is 13.1. The first-order valence-electron chi connectivity index (χ1n) is 10.6. The van der Waals surface area contributed by atoms with Crippen LogP contribution in [-0.2, 0) is 14.8 Å². The van der Waals surface area contributed by atoms with Gasteiger partial charge >= 0.3 is 0 Å². The highest BCUT2D eigenvalue weighted by Crippen LogP contribution is 2.27. The van der Waals surface area contributed by atoms with Gasteiger partial charge in [-0.25, -0.2) is 8.42 Å². The van der Waals surface area contributed by atoms with Crippen LogP contribution in [0.5, 0.6) is 0 Å². The predicted molar refractivity (Wildman–Crippen MR) is 108 cm³/mol. The lowest BCUT2D eigenvalue weighted by Crippen LogP contribution is -2.45. The Morgan fingerprint density at radius 2 is 1.83 bits per heavy atom. The summed E-state index contributed by atoms with van der Waals surface area (Å²) < 4.78 is 27.6. The minimum absolute atomic E-state index is 0.0448. The maximum Gasteiger partial charge on any atom is 0.270 e. The number of piperidine rings is 2. The van der Waals surface area contributed by atoms with Crippen LogP contribution in [0.4, 0.5) is 0 Å². The fraction of sp³-hybridized carbons (Fsp3) is 0.700. The summed E-state index contributed by atoms with van der Waals surface area (Å²) in [7, 11) is -3.74. The van der Waals surface area contributed by atoms with Gasteiger partial charge in [0, 0.05) is 38.4 Å². The molecule has 8 nitrogen and oxygen atoms in total. The number of aromatic nitrogens is 1. The van der Waals surface area contributed by atoms with Crippen molar-refractivity contribution in [2.45, 2.75) is 56.4 Å². The van der Waals surface area contributed by atoms with Gasteiger partial charge in [-0.05, 0) is 50.5 Å². The van der Waals surface area contributed by atoms with Gasteiger partial charge in [0.2, 0.25) is 15.9 Å². The number of nitrogens with zero attached hydrogens (tertiary/aromatic N) is 2. The van der Waals surface area contributed by atoms with Crippen LogP contribution in [0.1, 0.15) is 55.9 Å². The molecule has 2 aliphatic heterocycles. The van der Waals surface area contributed by atoms with Crippen LogP contribution in [-0.4, -0.2) is 66.6 Å². The number of likely N-dealkylation sites (tertiary alicyclic amines) is 1. The van der Waals surface area contributed by atoms with Crippen LogP contribution in [0.15, 0.2) is 17.2 Å². The molecule has 3 heterocycles. The average molecular weight is 423 g/mol. The van der Waals surface area contributed by atoms with Gasteiger partial charge in [0.05, 0.1) is 5.92 Å². The number of rotatable bonds is 5. The molecule has 0 spiro atoms. The van der Waals surface area contributed by atoms with Crippen LogP contribution in [0, 0.1) is 11.8 Å². The van der Waals surface area contributed by atoms with Crippen molar-refractivity contribution < 1.29 is 18.0 Å². The van der Waals surface area contributed by atoms with E-state index in [0.29, 0.717) is 44.1 Å². The molecule has 9 heteroatoms.